The van der Waals surface area contributed by atoms with Crippen LogP contribution in [0.15, 0.2) is 18.2 Å². The number of hydrogen-bond acceptors (Lipinski definition) is 2. The Balaban J connectivity index is 2.70. The first kappa shape index (κ1) is 9.76. The van der Waals surface area contributed by atoms with Crippen molar-refractivity contribution in [2.75, 3.05) is 0 Å². The number of fused-ring (bicyclic) bond motifs is 1. The first-order valence-corrected chi connectivity index (χ1v) is 4.27. The smallest absolute Gasteiger partial charge is 0.287 e. The average molecular weight is 211 g/mol. The fourth-order valence-corrected chi connectivity index (χ4v) is 1.49. The summed E-state index contributed by atoms with van der Waals surface area (Å²) in [7, 11) is 0. The van der Waals surface area contributed by atoms with E-state index in [-0.39, 0.29) is 5.56 Å². The van der Waals surface area contributed by atoms with Gasteiger partial charge in [0.2, 0.25) is 0 Å². The summed E-state index contributed by atoms with van der Waals surface area (Å²) >= 11 is 0. The summed E-state index contributed by atoms with van der Waals surface area (Å²) in [6, 6.07) is 3.89. The molecule has 0 radical (unpaired) electrons. The quantitative estimate of drug-likeness (QED) is 0.658. The predicted molar refractivity (Wildman–Crippen MR) is 47.5 cm³/mol. The molecule has 5 heteroatoms. The lowest BCUT2D eigenvalue weighted by molar-refractivity contribution is -0.146. The Hall–Kier alpha value is -1.78. The van der Waals surface area contributed by atoms with Gasteiger partial charge in [-0.05, 0) is 13.0 Å². The van der Waals surface area contributed by atoms with Gasteiger partial charge in [0.05, 0.1) is 0 Å². The van der Waals surface area contributed by atoms with Crippen LogP contribution in [-0.4, -0.2) is 11.8 Å². The summed E-state index contributed by atoms with van der Waals surface area (Å²) < 4.78 is 26.7. The van der Waals surface area contributed by atoms with Crippen LogP contribution in [0.2, 0.25) is 0 Å². The van der Waals surface area contributed by atoms with Crippen LogP contribution in [0.25, 0.3) is 0 Å². The minimum Gasteiger partial charge on any atom is -0.287 e. The third-order valence-electron chi connectivity index (χ3n) is 2.27. The maximum atomic E-state index is 13.3. The van der Waals surface area contributed by atoms with Crippen molar-refractivity contribution in [1.29, 1.82) is 0 Å². The largest absolute Gasteiger partial charge is 0.350 e. The van der Waals surface area contributed by atoms with Gasteiger partial charge < -0.3 is 0 Å². The Morgan fingerprint density at radius 2 is 1.93 bits per heavy atom. The first-order chi connectivity index (χ1) is 6.93. The molecule has 1 aliphatic heterocycles. The van der Waals surface area contributed by atoms with Gasteiger partial charge in [0.1, 0.15) is 0 Å². The van der Waals surface area contributed by atoms with E-state index in [0.29, 0.717) is 5.56 Å². The molecule has 1 heterocycles. The number of nitrogens with one attached hydrogen (secondary N) is 1. The van der Waals surface area contributed by atoms with E-state index in [1.165, 1.54) is 12.1 Å². The molecule has 0 atom stereocenters. The fraction of sp³-hybridized carbons (Fsp3) is 0.200. The molecule has 15 heavy (non-hydrogen) atoms. The molecule has 3 nitrogen and oxygen atoms in total. The van der Waals surface area contributed by atoms with E-state index in [1.54, 1.807) is 12.2 Å². The number of aryl methyl sites for hydroxylation is 1. The highest BCUT2D eigenvalue weighted by Gasteiger charge is 2.48. The Kier molecular flexibility index (Phi) is 1.86. The van der Waals surface area contributed by atoms with Crippen molar-refractivity contribution in [1.82, 2.24) is 5.32 Å². The molecule has 2 amide bonds. The highest BCUT2D eigenvalue weighted by Crippen LogP contribution is 2.34. The van der Waals surface area contributed by atoms with Gasteiger partial charge >= 0.3 is 11.8 Å². The molecule has 78 valence electrons. The second-order valence-electron chi connectivity index (χ2n) is 3.41. The van der Waals surface area contributed by atoms with E-state index in [1.807, 2.05) is 0 Å². The molecular weight excluding hydrogens is 204 g/mol. The molecule has 0 unspecified atom stereocenters. The molecule has 1 N–H and O–H groups in total. The van der Waals surface area contributed by atoms with Crippen LogP contribution < -0.4 is 5.32 Å². The minimum atomic E-state index is -3.63. The summed E-state index contributed by atoms with van der Waals surface area (Å²) in [6.07, 6.45) is 0. The molecule has 1 aliphatic rings. The van der Waals surface area contributed by atoms with Crippen LogP contribution in [0.1, 0.15) is 21.5 Å². The summed E-state index contributed by atoms with van der Waals surface area (Å²) in [5.41, 5.74) is 0.0236. The molecule has 0 saturated carbocycles. The van der Waals surface area contributed by atoms with E-state index in [0.717, 1.165) is 6.07 Å². The monoisotopic (exact) mass is 211 g/mol. The Morgan fingerprint density at radius 1 is 1.27 bits per heavy atom. The van der Waals surface area contributed by atoms with E-state index in [2.05, 4.69) is 0 Å². The van der Waals surface area contributed by atoms with Gasteiger partial charge in [0, 0.05) is 11.1 Å². The van der Waals surface area contributed by atoms with Gasteiger partial charge in [-0.1, -0.05) is 17.7 Å². The van der Waals surface area contributed by atoms with Crippen LogP contribution in [0.3, 0.4) is 0 Å². The average Bonchev–Trinajstić information content (AvgIpc) is 2.15. The number of halogens is 2. The number of hydrogen-bond donors (Lipinski definition) is 1. The lowest BCUT2D eigenvalue weighted by atomic mass is 9.95. The van der Waals surface area contributed by atoms with Gasteiger partial charge in [-0.15, -0.1) is 0 Å². The first-order valence-electron chi connectivity index (χ1n) is 4.27. The molecule has 2 rings (SSSR count). The SMILES string of the molecule is Cc1ccc2c(c1)C(=O)NC(=O)C2(F)F. The number of carbonyl (C=O) groups is 2. The van der Waals surface area contributed by atoms with Gasteiger partial charge in [-0.3, -0.25) is 14.9 Å². The molecule has 0 saturated heterocycles. The third-order valence-corrected chi connectivity index (χ3v) is 2.27. The molecule has 0 spiro atoms. The molecule has 0 fully saturated rings. The van der Waals surface area contributed by atoms with Gasteiger partial charge in [-0.25, -0.2) is 0 Å². The van der Waals surface area contributed by atoms with Gasteiger partial charge in [0.25, 0.3) is 5.91 Å². The van der Waals surface area contributed by atoms with E-state index in [4.69, 9.17) is 0 Å². The van der Waals surface area contributed by atoms with Gasteiger partial charge in [-0.2, -0.15) is 8.78 Å². The third kappa shape index (κ3) is 1.31. The molecule has 0 aromatic heterocycles. The number of carbonyl (C=O) groups excluding carboxylic acids is 2. The summed E-state index contributed by atoms with van der Waals surface area (Å²) in [5.74, 6) is -5.97. The standard InChI is InChI=1S/C10H7F2NO2/c1-5-2-3-7-6(4-5)8(14)13-9(15)10(7,11)12/h2-4H,1H3,(H,13,14,15). The Labute approximate surface area is 84.1 Å². The number of imide groups is 1. The Bertz CT molecular complexity index is 468. The Morgan fingerprint density at radius 3 is 2.60 bits per heavy atom. The topological polar surface area (TPSA) is 46.2 Å². The fourth-order valence-electron chi connectivity index (χ4n) is 1.49. The van der Waals surface area contributed by atoms with Crippen molar-refractivity contribution in [3.05, 3.63) is 34.9 Å². The van der Waals surface area contributed by atoms with Crippen molar-refractivity contribution < 1.29 is 18.4 Å². The van der Waals surface area contributed by atoms with Crippen LogP contribution in [0.4, 0.5) is 8.78 Å². The summed E-state index contributed by atoms with van der Waals surface area (Å²) in [4.78, 5) is 22.2. The van der Waals surface area contributed by atoms with Crippen molar-refractivity contribution >= 4 is 11.8 Å². The predicted octanol–water partition coefficient (Wildman–Crippen LogP) is 1.36. The maximum Gasteiger partial charge on any atom is 0.350 e. The summed E-state index contributed by atoms with van der Waals surface area (Å²) in [5, 5.41) is 1.63. The van der Waals surface area contributed by atoms with Crippen molar-refractivity contribution in [2.45, 2.75) is 12.8 Å². The normalized spacial score (nSPS) is 18.3. The molecular formula is C10H7F2NO2. The zero-order valence-electron chi connectivity index (χ0n) is 7.80. The van der Waals surface area contributed by atoms with Crippen LogP contribution >= 0.6 is 0 Å². The molecule has 0 bridgehead atoms. The lowest BCUT2D eigenvalue weighted by Gasteiger charge is -2.23. The van der Waals surface area contributed by atoms with Gasteiger partial charge in [0.15, 0.2) is 0 Å². The van der Waals surface area contributed by atoms with Crippen molar-refractivity contribution in [3.8, 4) is 0 Å². The summed E-state index contributed by atoms with van der Waals surface area (Å²) in [6.45, 7) is 1.68. The van der Waals surface area contributed by atoms with E-state index >= 15 is 0 Å². The van der Waals surface area contributed by atoms with Crippen LogP contribution in [0, 0.1) is 6.92 Å². The second kappa shape index (κ2) is 2.85. The number of benzene rings is 1. The molecule has 1 aromatic rings. The molecule has 0 aliphatic carbocycles. The number of alkyl halides is 2. The maximum absolute atomic E-state index is 13.3. The zero-order valence-corrected chi connectivity index (χ0v) is 7.80. The van der Waals surface area contributed by atoms with Crippen molar-refractivity contribution in [3.63, 3.8) is 0 Å². The number of rotatable bonds is 0. The highest BCUT2D eigenvalue weighted by molar-refractivity contribution is 6.12. The van der Waals surface area contributed by atoms with Crippen LogP contribution in [-0.2, 0) is 10.7 Å². The van der Waals surface area contributed by atoms with E-state index in [9.17, 15) is 18.4 Å². The number of amides is 2. The molecule has 1 aromatic carbocycles. The van der Waals surface area contributed by atoms with E-state index < -0.39 is 23.3 Å². The minimum absolute atomic E-state index is 0.139. The lowest BCUT2D eigenvalue weighted by Crippen LogP contribution is -2.47. The van der Waals surface area contributed by atoms with Crippen molar-refractivity contribution in [2.24, 2.45) is 0 Å². The highest BCUT2D eigenvalue weighted by atomic mass is 19.3. The second-order valence-corrected chi connectivity index (χ2v) is 3.41. The zero-order chi connectivity index (χ0) is 11.2. The van der Waals surface area contributed by atoms with Crippen LogP contribution in [0.5, 0.6) is 0 Å².